The number of nitrogens with two attached hydrogens (primary N) is 1. The SMILES string of the molecule is C#CCN1C(=O)N=C(N)C12CCC2. The Hall–Kier alpha value is -1.50. The number of hydrogen-bond donors (Lipinski definition) is 1. The van der Waals surface area contributed by atoms with Crippen molar-refractivity contribution >= 4 is 11.9 Å². The zero-order valence-electron chi connectivity index (χ0n) is 7.29. The average molecular weight is 177 g/mol. The number of carbonyl (C=O) groups excluding carboxylic acids is 1. The molecule has 0 atom stereocenters. The highest BCUT2D eigenvalue weighted by Crippen LogP contribution is 2.41. The summed E-state index contributed by atoms with van der Waals surface area (Å²) in [6.45, 7) is 0.309. The number of terminal acetylenes is 1. The molecule has 0 aromatic rings. The molecule has 0 bridgehead atoms. The average Bonchev–Trinajstić information content (AvgIpc) is 2.23. The first kappa shape index (κ1) is 8.11. The van der Waals surface area contributed by atoms with Crippen LogP contribution in [0.3, 0.4) is 0 Å². The van der Waals surface area contributed by atoms with Gasteiger partial charge in [0.25, 0.3) is 0 Å². The molecule has 2 aliphatic rings. The summed E-state index contributed by atoms with van der Waals surface area (Å²) in [7, 11) is 0. The fraction of sp³-hybridized carbons (Fsp3) is 0.556. The minimum atomic E-state index is -0.316. The number of hydrogen-bond acceptors (Lipinski definition) is 2. The van der Waals surface area contributed by atoms with Crippen molar-refractivity contribution in [2.45, 2.75) is 24.8 Å². The largest absolute Gasteiger partial charge is 0.385 e. The molecule has 0 radical (unpaired) electrons. The summed E-state index contributed by atoms with van der Waals surface area (Å²) in [5.74, 6) is 2.90. The number of urea groups is 1. The Morgan fingerprint density at radius 2 is 2.38 bits per heavy atom. The van der Waals surface area contributed by atoms with Crippen molar-refractivity contribution in [3.63, 3.8) is 0 Å². The Labute approximate surface area is 76.8 Å². The molecule has 1 fully saturated rings. The Bertz CT molecular complexity index is 322. The maximum Gasteiger partial charge on any atom is 0.346 e. The molecule has 1 aliphatic heterocycles. The van der Waals surface area contributed by atoms with E-state index in [2.05, 4.69) is 10.9 Å². The maximum absolute atomic E-state index is 11.3. The number of carbonyl (C=O) groups is 1. The normalized spacial score (nSPS) is 24.1. The van der Waals surface area contributed by atoms with Gasteiger partial charge in [-0.3, -0.25) is 4.90 Å². The Kier molecular flexibility index (Phi) is 1.56. The van der Waals surface area contributed by atoms with E-state index >= 15 is 0 Å². The third-order valence-electron chi connectivity index (χ3n) is 2.87. The molecule has 1 aliphatic carbocycles. The Morgan fingerprint density at radius 3 is 2.85 bits per heavy atom. The minimum Gasteiger partial charge on any atom is -0.385 e. The lowest BCUT2D eigenvalue weighted by atomic mass is 9.75. The third-order valence-corrected chi connectivity index (χ3v) is 2.87. The number of nitrogens with zero attached hydrogens (tertiary/aromatic N) is 2. The van der Waals surface area contributed by atoms with Gasteiger partial charge in [0.15, 0.2) is 0 Å². The molecule has 2 N–H and O–H groups in total. The topological polar surface area (TPSA) is 58.7 Å². The molecule has 4 nitrogen and oxygen atoms in total. The van der Waals surface area contributed by atoms with E-state index in [0.29, 0.717) is 12.4 Å². The number of amidine groups is 1. The van der Waals surface area contributed by atoms with Gasteiger partial charge in [0.2, 0.25) is 0 Å². The molecule has 68 valence electrons. The summed E-state index contributed by atoms with van der Waals surface area (Å²) in [6.07, 6.45) is 8.07. The predicted molar refractivity (Wildman–Crippen MR) is 49.1 cm³/mol. The van der Waals surface area contributed by atoms with Crippen molar-refractivity contribution < 1.29 is 4.79 Å². The highest BCUT2D eigenvalue weighted by Gasteiger charge is 2.52. The van der Waals surface area contributed by atoms with E-state index in [1.54, 1.807) is 4.90 Å². The first-order valence-electron chi connectivity index (χ1n) is 4.30. The maximum atomic E-state index is 11.3. The molecule has 1 saturated carbocycles. The standard InChI is InChI=1S/C9H11N3O/c1-2-6-12-8(13)11-7(10)9(12)4-3-5-9/h1H,3-6H2,(H2,10,11,13). The van der Waals surface area contributed by atoms with Crippen LogP contribution in [-0.2, 0) is 0 Å². The number of rotatable bonds is 1. The summed E-state index contributed by atoms with van der Waals surface area (Å²) < 4.78 is 0. The second-order valence-electron chi connectivity index (χ2n) is 3.46. The molecule has 13 heavy (non-hydrogen) atoms. The fourth-order valence-corrected chi connectivity index (χ4v) is 1.94. The van der Waals surface area contributed by atoms with Crippen LogP contribution >= 0.6 is 0 Å². The van der Waals surface area contributed by atoms with Gasteiger partial charge in [-0.15, -0.1) is 6.42 Å². The molecule has 0 saturated heterocycles. The fourth-order valence-electron chi connectivity index (χ4n) is 1.94. The van der Waals surface area contributed by atoms with E-state index in [9.17, 15) is 4.79 Å². The zero-order chi connectivity index (χ0) is 9.47. The van der Waals surface area contributed by atoms with Crippen LogP contribution in [0.5, 0.6) is 0 Å². The number of aliphatic imine (C=N–C) groups is 1. The van der Waals surface area contributed by atoms with E-state index < -0.39 is 0 Å². The lowest BCUT2D eigenvalue weighted by Gasteiger charge is -2.44. The Balaban J connectivity index is 2.28. The molecule has 4 heteroatoms. The van der Waals surface area contributed by atoms with Crippen LogP contribution in [0, 0.1) is 12.3 Å². The zero-order valence-corrected chi connectivity index (χ0v) is 7.29. The second kappa shape index (κ2) is 2.49. The third kappa shape index (κ3) is 0.872. The van der Waals surface area contributed by atoms with Crippen molar-refractivity contribution in [3.8, 4) is 12.3 Å². The highest BCUT2D eigenvalue weighted by molar-refractivity contribution is 6.06. The Morgan fingerprint density at radius 1 is 1.69 bits per heavy atom. The minimum absolute atomic E-state index is 0.282. The summed E-state index contributed by atoms with van der Waals surface area (Å²) in [4.78, 5) is 16.7. The predicted octanol–water partition coefficient (Wildman–Crippen LogP) is 0.335. The van der Waals surface area contributed by atoms with E-state index in [-0.39, 0.29) is 11.6 Å². The summed E-state index contributed by atoms with van der Waals surface area (Å²) in [5, 5.41) is 0. The summed E-state index contributed by atoms with van der Waals surface area (Å²) >= 11 is 0. The van der Waals surface area contributed by atoms with Gasteiger partial charge in [0.1, 0.15) is 11.4 Å². The van der Waals surface area contributed by atoms with Crippen LogP contribution < -0.4 is 5.73 Å². The lowest BCUT2D eigenvalue weighted by molar-refractivity contribution is 0.128. The van der Waals surface area contributed by atoms with Crippen LogP contribution in [-0.4, -0.2) is 28.9 Å². The number of amides is 2. The van der Waals surface area contributed by atoms with E-state index in [1.807, 2.05) is 0 Å². The van der Waals surface area contributed by atoms with Gasteiger partial charge in [-0.25, -0.2) is 4.79 Å². The van der Waals surface area contributed by atoms with Gasteiger partial charge in [-0.2, -0.15) is 4.99 Å². The van der Waals surface area contributed by atoms with Crippen molar-refractivity contribution in [1.82, 2.24) is 4.90 Å². The van der Waals surface area contributed by atoms with Crippen molar-refractivity contribution in [1.29, 1.82) is 0 Å². The van der Waals surface area contributed by atoms with Crippen LogP contribution in [0.4, 0.5) is 4.79 Å². The van der Waals surface area contributed by atoms with Gasteiger partial charge in [0.05, 0.1) is 6.54 Å². The van der Waals surface area contributed by atoms with Crippen LogP contribution in [0.2, 0.25) is 0 Å². The van der Waals surface area contributed by atoms with E-state index in [0.717, 1.165) is 19.3 Å². The van der Waals surface area contributed by atoms with Gasteiger partial charge in [-0.1, -0.05) is 5.92 Å². The van der Waals surface area contributed by atoms with E-state index in [1.165, 1.54) is 0 Å². The molecule has 2 rings (SSSR count). The molecular weight excluding hydrogens is 166 g/mol. The van der Waals surface area contributed by atoms with Crippen LogP contribution in [0.1, 0.15) is 19.3 Å². The van der Waals surface area contributed by atoms with Crippen molar-refractivity contribution in [2.24, 2.45) is 10.7 Å². The van der Waals surface area contributed by atoms with Crippen LogP contribution in [0.25, 0.3) is 0 Å². The van der Waals surface area contributed by atoms with Gasteiger partial charge in [0, 0.05) is 0 Å². The van der Waals surface area contributed by atoms with Gasteiger partial charge < -0.3 is 5.73 Å². The first-order valence-corrected chi connectivity index (χ1v) is 4.30. The molecule has 0 unspecified atom stereocenters. The monoisotopic (exact) mass is 177 g/mol. The smallest absolute Gasteiger partial charge is 0.346 e. The summed E-state index contributed by atoms with van der Waals surface area (Å²) in [6, 6.07) is -0.282. The molecule has 2 amide bonds. The molecule has 0 aromatic carbocycles. The van der Waals surface area contributed by atoms with Crippen molar-refractivity contribution in [2.75, 3.05) is 6.54 Å². The summed E-state index contributed by atoms with van der Waals surface area (Å²) in [5.41, 5.74) is 5.39. The molecule has 0 aromatic heterocycles. The van der Waals surface area contributed by atoms with Gasteiger partial charge >= 0.3 is 6.03 Å². The van der Waals surface area contributed by atoms with Gasteiger partial charge in [-0.05, 0) is 19.3 Å². The van der Waals surface area contributed by atoms with Crippen LogP contribution in [0.15, 0.2) is 4.99 Å². The second-order valence-corrected chi connectivity index (χ2v) is 3.46. The lowest BCUT2D eigenvalue weighted by Crippen LogP contribution is -2.58. The highest BCUT2D eigenvalue weighted by atomic mass is 16.2. The molecule has 1 heterocycles. The quantitative estimate of drug-likeness (QED) is 0.587. The molecule has 1 spiro atoms. The molecular formula is C9H11N3O. The van der Waals surface area contributed by atoms with Crippen molar-refractivity contribution in [3.05, 3.63) is 0 Å². The van der Waals surface area contributed by atoms with E-state index in [4.69, 9.17) is 12.2 Å². The first-order chi connectivity index (χ1) is 6.20.